The van der Waals surface area contributed by atoms with Crippen LogP contribution in [0.5, 0.6) is 0 Å². The van der Waals surface area contributed by atoms with E-state index in [2.05, 4.69) is 11.1 Å². The number of hydrogen-bond acceptors (Lipinski definition) is 2. The van der Waals surface area contributed by atoms with Crippen molar-refractivity contribution in [1.29, 1.82) is 5.26 Å². The molecule has 1 N–H and O–H groups in total. The van der Waals surface area contributed by atoms with Crippen molar-refractivity contribution >= 4 is 11.3 Å². The van der Waals surface area contributed by atoms with Crippen LogP contribution < -0.4 is 0 Å². The molecule has 64 valence electrons. The second-order valence-electron chi connectivity index (χ2n) is 2.81. The molecule has 0 aliphatic carbocycles. The molecule has 0 saturated heterocycles. The van der Waals surface area contributed by atoms with Crippen LogP contribution in [0.4, 0.5) is 0 Å². The predicted molar refractivity (Wildman–Crippen MR) is 53.6 cm³/mol. The van der Waals surface area contributed by atoms with Crippen LogP contribution in [-0.2, 0) is 0 Å². The first-order valence-electron chi connectivity index (χ1n) is 3.95. The van der Waals surface area contributed by atoms with Crippen LogP contribution >= 0.6 is 11.3 Å². The Labute approximate surface area is 80.5 Å². The van der Waals surface area contributed by atoms with Crippen LogP contribution in [0.1, 0.15) is 11.3 Å². The molecule has 0 aliphatic heterocycles. The van der Waals surface area contributed by atoms with Crippen molar-refractivity contribution in [2.24, 2.45) is 0 Å². The van der Waals surface area contributed by atoms with Gasteiger partial charge in [-0.05, 0) is 24.4 Å². The Bertz CT molecular complexity index is 446. The molecule has 0 amide bonds. The van der Waals surface area contributed by atoms with Crippen molar-refractivity contribution in [2.45, 2.75) is 6.92 Å². The average molecular weight is 188 g/mol. The van der Waals surface area contributed by atoms with Crippen LogP contribution in [0.3, 0.4) is 0 Å². The first kappa shape index (κ1) is 8.09. The van der Waals surface area contributed by atoms with E-state index in [1.807, 2.05) is 30.5 Å². The van der Waals surface area contributed by atoms with E-state index in [1.54, 1.807) is 11.3 Å². The third-order valence-corrected chi connectivity index (χ3v) is 2.83. The first-order valence-corrected chi connectivity index (χ1v) is 4.83. The van der Waals surface area contributed by atoms with E-state index in [1.165, 1.54) is 4.88 Å². The monoisotopic (exact) mass is 188 g/mol. The van der Waals surface area contributed by atoms with E-state index in [0.29, 0.717) is 0 Å². The molecule has 2 aromatic heterocycles. The molecule has 0 radical (unpaired) electrons. The molecule has 2 nitrogen and oxygen atoms in total. The van der Waals surface area contributed by atoms with Gasteiger partial charge in [-0.2, -0.15) is 5.26 Å². The van der Waals surface area contributed by atoms with E-state index in [9.17, 15) is 0 Å². The lowest BCUT2D eigenvalue weighted by molar-refractivity contribution is 1.26. The summed E-state index contributed by atoms with van der Waals surface area (Å²) < 4.78 is 0. The number of nitrogens with one attached hydrogen (secondary N) is 1. The molecule has 0 aromatic carbocycles. The van der Waals surface area contributed by atoms with E-state index < -0.39 is 0 Å². The second kappa shape index (κ2) is 3.08. The molecular weight excluding hydrogens is 180 g/mol. The number of rotatable bonds is 1. The summed E-state index contributed by atoms with van der Waals surface area (Å²) in [6, 6.07) is 8.08. The van der Waals surface area contributed by atoms with Crippen molar-refractivity contribution in [1.82, 2.24) is 4.98 Å². The molecule has 2 rings (SSSR count). The average Bonchev–Trinajstić information content (AvgIpc) is 2.71. The summed E-state index contributed by atoms with van der Waals surface area (Å²) in [6.07, 6.45) is 0. The molecule has 13 heavy (non-hydrogen) atoms. The van der Waals surface area contributed by atoms with Crippen LogP contribution in [0.15, 0.2) is 23.6 Å². The highest BCUT2D eigenvalue weighted by Gasteiger charge is 2.05. The van der Waals surface area contributed by atoms with Gasteiger partial charge in [0.1, 0.15) is 6.07 Å². The molecule has 0 unspecified atom stereocenters. The number of aryl methyl sites for hydroxylation is 1. The summed E-state index contributed by atoms with van der Waals surface area (Å²) in [6.45, 7) is 1.91. The van der Waals surface area contributed by atoms with Gasteiger partial charge in [-0.3, -0.25) is 0 Å². The van der Waals surface area contributed by atoms with Crippen molar-refractivity contribution in [3.05, 3.63) is 34.8 Å². The molecule has 0 bridgehead atoms. The Morgan fingerprint density at radius 1 is 1.54 bits per heavy atom. The fourth-order valence-electron chi connectivity index (χ4n) is 1.24. The SMILES string of the molecule is Cc1[nH]c(-c2cccs2)cc1C#N. The quantitative estimate of drug-likeness (QED) is 0.734. The molecule has 3 heteroatoms. The summed E-state index contributed by atoms with van der Waals surface area (Å²) in [7, 11) is 0. The Morgan fingerprint density at radius 3 is 2.92 bits per heavy atom. The van der Waals surface area contributed by atoms with Crippen LogP contribution in [-0.4, -0.2) is 4.98 Å². The van der Waals surface area contributed by atoms with Gasteiger partial charge in [-0.1, -0.05) is 6.07 Å². The van der Waals surface area contributed by atoms with Crippen LogP contribution in [0, 0.1) is 18.3 Å². The smallest absolute Gasteiger partial charge is 0.101 e. The number of H-pyrrole nitrogens is 1. The van der Waals surface area contributed by atoms with E-state index in [4.69, 9.17) is 5.26 Å². The van der Waals surface area contributed by atoms with Crippen molar-refractivity contribution in [3.63, 3.8) is 0 Å². The van der Waals surface area contributed by atoms with Gasteiger partial charge in [0.25, 0.3) is 0 Å². The van der Waals surface area contributed by atoms with Gasteiger partial charge in [0, 0.05) is 5.69 Å². The van der Waals surface area contributed by atoms with E-state index in [-0.39, 0.29) is 0 Å². The van der Waals surface area contributed by atoms with Crippen molar-refractivity contribution in [2.75, 3.05) is 0 Å². The predicted octanol–water partition coefficient (Wildman–Crippen LogP) is 2.92. The number of nitrogens with zero attached hydrogens (tertiary/aromatic N) is 1. The Kier molecular flexibility index (Phi) is 1.91. The van der Waals surface area contributed by atoms with Gasteiger partial charge >= 0.3 is 0 Å². The van der Waals surface area contributed by atoms with Gasteiger partial charge in [0.15, 0.2) is 0 Å². The highest BCUT2D eigenvalue weighted by Crippen LogP contribution is 2.25. The third-order valence-electron chi connectivity index (χ3n) is 1.92. The zero-order valence-corrected chi connectivity index (χ0v) is 7.98. The van der Waals surface area contributed by atoms with Gasteiger partial charge in [-0.15, -0.1) is 11.3 Å². The summed E-state index contributed by atoms with van der Waals surface area (Å²) in [5.74, 6) is 0. The maximum atomic E-state index is 8.76. The first-order chi connectivity index (χ1) is 6.31. The lowest BCUT2D eigenvalue weighted by atomic mass is 10.2. The maximum Gasteiger partial charge on any atom is 0.101 e. The van der Waals surface area contributed by atoms with E-state index in [0.717, 1.165) is 17.0 Å². The highest BCUT2D eigenvalue weighted by molar-refractivity contribution is 7.13. The number of thiophene rings is 1. The molecule has 0 fully saturated rings. The lowest BCUT2D eigenvalue weighted by Gasteiger charge is -1.88. The van der Waals surface area contributed by atoms with E-state index >= 15 is 0 Å². The molecule has 2 aromatic rings. The highest BCUT2D eigenvalue weighted by atomic mass is 32.1. The van der Waals surface area contributed by atoms with Gasteiger partial charge in [-0.25, -0.2) is 0 Å². The fraction of sp³-hybridized carbons (Fsp3) is 0.100. The van der Waals surface area contributed by atoms with Gasteiger partial charge in [0.05, 0.1) is 16.1 Å². The Hall–Kier alpha value is -1.53. The van der Waals surface area contributed by atoms with Gasteiger partial charge in [0.2, 0.25) is 0 Å². The van der Waals surface area contributed by atoms with Crippen LogP contribution in [0.25, 0.3) is 10.6 Å². The summed E-state index contributed by atoms with van der Waals surface area (Å²) in [5, 5.41) is 10.8. The number of aromatic nitrogens is 1. The molecule has 0 aliphatic rings. The minimum Gasteiger partial charge on any atom is -0.357 e. The normalized spacial score (nSPS) is 9.85. The Balaban J connectivity index is 2.50. The molecule has 2 heterocycles. The standard InChI is InChI=1S/C10H8N2S/c1-7-8(6-11)5-9(12-7)10-3-2-4-13-10/h2-5,12H,1H3. The number of hydrogen-bond donors (Lipinski definition) is 1. The fourth-order valence-corrected chi connectivity index (χ4v) is 1.94. The minimum atomic E-state index is 0.725. The molecule has 0 saturated carbocycles. The summed E-state index contributed by atoms with van der Waals surface area (Å²) in [4.78, 5) is 4.36. The molecule has 0 atom stereocenters. The van der Waals surface area contributed by atoms with Crippen molar-refractivity contribution < 1.29 is 0 Å². The zero-order valence-electron chi connectivity index (χ0n) is 7.16. The number of aromatic amines is 1. The molecule has 0 spiro atoms. The minimum absolute atomic E-state index is 0.725. The maximum absolute atomic E-state index is 8.76. The van der Waals surface area contributed by atoms with Crippen molar-refractivity contribution in [3.8, 4) is 16.6 Å². The van der Waals surface area contributed by atoms with Gasteiger partial charge < -0.3 is 4.98 Å². The summed E-state index contributed by atoms with van der Waals surface area (Å²) >= 11 is 1.67. The second-order valence-corrected chi connectivity index (χ2v) is 3.76. The Morgan fingerprint density at radius 2 is 2.38 bits per heavy atom. The van der Waals surface area contributed by atoms with Crippen LogP contribution in [0.2, 0.25) is 0 Å². The topological polar surface area (TPSA) is 39.6 Å². The zero-order chi connectivity index (χ0) is 9.26. The number of nitriles is 1. The lowest BCUT2D eigenvalue weighted by Crippen LogP contribution is -1.73. The molecular formula is C10H8N2S. The summed E-state index contributed by atoms with van der Waals surface area (Å²) in [5.41, 5.74) is 2.69. The largest absolute Gasteiger partial charge is 0.357 e. The third kappa shape index (κ3) is 1.36.